The zero-order valence-electron chi connectivity index (χ0n) is 13.7. The first kappa shape index (κ1) is 15.8. The molecule has 0 bridgehead atoms. The molecule has 1 aromatic heterocycles. The van der Waals surface area contributed by atoms with Crippen LogP contribution in [-0.2, 0) is 19.4 Å². The van der Waals surface area contributed by atoms with Crippen LogP contribution in [-0.4, -0.2) is 16.3 Å². The van der Waals surface area contributed by atoms with Crippen LogP contribution in [0.1, 0.15) is 49.3 Å². The van der Waals surface area contributed by atoms with Gasteiger partial charge in [0.25, 0.3) is 0 Å². The van der Waals surface area contributed by atoms with Gasteiger partial charge in [-0.2, -0.15) is 5.10 Å². The van der Waals surface area contributed by atoms with Crippen molar-refractivity contribution in [3.8, 4) is 0 Å². The smallest absolute Gasteiger partial charge is 0.0625 e. The van der Waals surface area contributed by atoms with Crippen molar-refractivity contribution in [2.45, 2.75) is 53.1 Å². The van der Waals surface area contributed by atoms with E-state index in [1.54, 1.807) is 0 Å². The Morgan fingerprint density at radius 3 is 2.62 bits per heavy atom. The summed E-state index contributed by atoms with van der Waals surface area (Å²) in [6.07, 6.45) is 1.99. The van der Waals surface area contributed by atoms with Crippen LogP contribution in [0, 0.1) is 6.92 Å². The van der Waals surface area contributed by atoms with E-state index in [9.17, 15) is 0 Å². The van der Waals surface area contributed by atoms with E-state index in [0.29, 0.717) is 6.04 Å². The lowest BCUT2D eigenvalue weighted by Crippen LogP contribution is -2.25. The Balaban J connectivity index is 2.28. The predicted molar refractivity (Wildman–Crippen MR) is 88.6 cm³/mol. The largest absolute Gasteiger partial charge is 0.309 e. The summed E-state index contributed by atoms with van der Waals surface area (Å²) in [5.74, 6) is 0. The highest BCUT2D eigenvalue weighted by Crippen LogP contribution is 2.21. The Labute approximate surface area is 128 Å². The van der Waals surface area contributed by atoms with Gasteiger partial charge in [0.15, 0.2) is 0 Å². The average Bonchev–Trinajstić information content (AvgIpc) is 2.90. The van der Waals surface area contributed by atoms with E-state index in [0.717, 1.165) is 25.9 Å². The third kappa shape index (κ3) is 3.94. The van der Waals surface area contributed by atoms with E-state index >= 15 is 0 Å². The number of nitrogens with zero attached hydrogens (tertiary/aromatic N) is 2. The maximum atomic E-state index is 4.69. The van der Waals surface area contributed by atoms with Crippen LogP contribution >= 0.6 is 0 Å². The Kier molecular flexibility index (Phi) is 5.57. The first-order valence-corrected chi connectivity index (χ1v) is 8.03. The summed E-state index contributed by atoms with van der Waals surface area (Å²) < 4.78 is 2.14. The molecule has 2 aromatic rings. The summed E-state index contributed by atoms with van der Waals surface area (Å²) in [6, 6.07) is 11.4. The van der Waals surface area contributed by atoms with Gasteiger partial charge in [0.05, 0.1) is 17.4 Å². The molecule has 0 saturated carbocycles. The number of rotatable bonds is 7. The molecule has 0 spiro atoms. The van der Waals surface area contributed by atoms with Crippen molar-refractivity contribution >= 4 is 0 Å². The zero-order chi connectivity index (χ0) is 15.2. The van der Waals surface area contributed by atoms with Crippen molar-refractivity contribution in [2.24, 2.45) is 0 Å². The van der Waals surface area contributed by atoms with Crippen molar-refractivity contribution in [3.05, 3.63) is 52.8 Å². The Morgan fingerprint density at radius 2 is 2.00 bits per heavy atom. The molecule has 1 heterocycles. The van der Waals surface area contributed by atoms with Gasteiger partial charge in [0.2, 0.25) is 0 Å². The number of benzene rings is 1. The van der Waals surface area contributed by atoms with Gasteiger partial charge in [-0.25, -0.2) is 0 Å². The van der Waals surface area contributed by atoms with Gasteiger partial charge in [-0.1, -0.05) is 43.7 Å². The molecule has 114 valence electrons. The van der Waals surface area contributed by atoms with Gasteiger partial charge in [-0.15, -0.1) is 0 Å². The lowest BCUT2D eigenvalue weighted by molar-refractivity contribution is 0.489. The quantitative estimate of drug-likeness (QED) is 0.841. The molecule has 0 amide bonds. The summed E-state index contributed by atoms with van der Waals surface area (Å²) in [5.41, 5.74) is 5.18. The summed E-state index contributed by atoms with van der Waals surface area (Å²) in [5, 5.41) is 8.30. The van der Waals surface area contributed by atoms with Gasteiger partial charge in [-0.05, 0) is 44.9 Å². The molecular formula is C18H27N3. The molecule has 2 rings (SSSR count). The summed E-state index contributed by atoms with van der Waals surface area (Å²) in [6.45, 7) is 10.5. The molecule has 1 unspecified atom stereocenters. The minimum absolute atomic E-state index is 0.324. The second kappa shape index (κ2) is 7.41. The minimum atomic E-state index is 0.324. The highest BCUT2D eigenvalue weighted by atomic mass is 15.3. The van der Waals surface area contributed by atoms with Crippen LogP contribution in [0.2, 0.25) is 0 Å². The molecule has 0 saturated heterocycles. The molecule has 3 heteroatoms. The summed E-state index contributed by atoms with van der Waals surface area (Å²) in [7, 11) is 0. The molecule has 0 aliphatic rings. The SMILES string of the molecule is CCNC(Cc1cccc(C)c1)c1cc(CC)nn1CC. The Bertz CT molecular complexity index is 572. The third-order valence-electron chi connectivity index (χ3n) is 3.85. The van der Waals surface area contributed by atoms with Crippen LogP contribution in [0.15, 0.2) is 30.3 Å². The monoisotopic (exact) mass is 285 g/mol. The topological polar surface area (TPSA) is 29.9 Å². The van der Waals surface area contributed by atoms with Crippen molar-refractivity contribution in [2.75, 3.05) is 6.54 Å². The second-order valence-electron chi connectivity index (χ2n) is 5.53. The van der Waals surface area contributed by atoms with E-state index in [-0.39, 0.29) is 0 Å². The highest BCUT2D eigenvalue weighted by Gasteiger charge is 2.17. The molecule has 1 N–H and O–H groups in total. The first-order valence-electron chi connectivity index (χ1n) is 8.03. The number of hydrogen-bond acceptors (Lipinski definition) is 2. The van der Waals surface area contributed by atoms with Crippen LogP contribution in [0.5, 0.6) is 0 Å². The molecule has 21 heavy (non-hydrogen) atoms. The van der Waals surface area contributed by atoms with Gasteiger partial charge >= 0.3 is 0 Å². The predicted octanol–water partition coefficient (Wildman–Crippen LogP) is 3.67. The van der Waals surface area contributed by atoms with Crippen molar-refractivity contribution < 1.29 is 0 Å². The van der Waals surface area contributed by atoms with Crippen LogP contribution in [0.3, 0.4) is 0 Å². The Hall–Kier alpha value is -1.61. The van der Waals surface area contributed by atoms with Crippen LogP contribution in [0.4, 0.5) is 0 Å². The number of hydrogen-bond donors (Lipinski definition) is 1. The summed E-state index contributed by atoms with van der Waals surface area (Å²) >= 11 is 0. The van der Waals surface area contributed by atoms with Crippen molar-refractivity contribution in [3.63, 3.8) is 0 Å². The van der Waals surface area contributed by atoms with Crippen molar-refractivity contribution in [1.29, 1.82) is 0 Å². The molecule has 0 aliphatic heterocycles. The number of likely N-dealkylation sites (N-methyl/N-ethyl adjacent to an activating group) is 1. The molecule has 3 nitrogen and oxygen atoms in total. The third-order valence-corrected chi connectivity index (χ3v) is 3.85. The lowest BCUT2D eigenvalue weighted by atomic mass is 10.0. The highest BCUT2D eigenvalue weighted by molar-refractivity contribution is 5.25. The van der Waals surface area contributed by atoms with E-state index in [1.165, 1.54) is 22.5 Å². The van der Waals surface area contributed by atoms with Crippen LogP contribution in [0.25, 0.3) is 0 Å². The van der Waals surface area contributed by atoms with E-state index in [4.69, 9.17) is 0 Å². The van der Waals surface area contributed by atoms with Crippen molar-refractivity contribution in [1.82, 2.24) is 15.1 Å². The number of aryl methyl sites for hydroxylation is 3. The van der Waals surface area contributed by atoms with Gasteiger partial charge in [0, 0.05) is 6.54 Å². The van der Waals surface area contributed by atoms with E-state index in [2.05, 4.69) is 73.1 Å². The fourth-order valence-electron chi connectivity index (χ4n) is 2.80. The zero-order valence-corrected chi connectivity index (χ0v) is 13.7. The normalized spacial score (nSPS) is 12.6. The number of nitrogens with one attached hydrogen (secondary N) is 1. The van der Waals surface area contributed by atoms with Crippen LogP contribution < -0.4 is 5.32 Å². The molecule has 0 radical (unpaired) electrons. The first-order chi connectivity index (χ1) is 10.2. The number of aromatic nitrogens is 2. The van der Waals surface area contributed by atoms with Gasteiger partial charge in [0.1, 0.15) is 0 Å². The maximum absolute atomic E-state index is 4.69. The summed E-state index contributed by atoms with van der Waals surface area (Å²) in [4.78, 5) is 0. The average molecular weight is 285 g/mol. The molecule has 1 atom stereocenters. The maximum Gasteiger partial charge on any atom is 0.0625 e. The molecule has 1 aromatic carbocycles. The minimum Gasteiger partial charge on any atom is -0.309 e. The van der Waals surface area contributed by atoms with Gasteiger partial charge < -0.3 is 5.32 Å². The van der Waals surface area contributed by atoms with E-state index in [1.807, 2.05) is 0 Å². The Morgan fingerprint density at radius 1 is 1.19 bits per heavy atom. The molecule has 0 aliphatic carbocycles. The molecule has 0 fully saturated rings. The second-order valence-corrected chi connectivity index (χ2v) is 5.53. The standard InChI is InChI=1S/C18H27N3/c1-5-16-13-18(21(7-3)20-16)17(19-6-2)12-15-10-8-9-14(4)11-15/h8-11,13,17,19H,5-7,12H2,1-4H3. The van der Waals surface area contributed by atoms with E-state index < -0.39 is 0 Å². The molecular weight excluding hydrogens is 258 g/mol. The lowest BCUT2D eigenvalue weighted by Gasteiger charge is -2.19. The fourth-order valence-corrected chi connectivity index (χ4v) is 2.80. The van der Waals surface area contributed by atoms with Gasteiger partial charge in [-0.3, -0.25) is 4.68 Å². The fraction of sp³-hybridized carbons (Fsp3) is 0.500.